The van der Waals surface area contributed by atoms with E-state index in [9.17, 15) is 9.59 Å². The van der Waals surface area contributed by atoms with Crippen molar-refractivity contribution in [1.82, 2.24) is 10.6 Å². The summed E-state index contributed by atoms with van der Waals surface area (Å²) in [6.45, 7) is 0.662. The Bertz CT molecular complexity index is 768. The molecule has 0 spiro atoms. The van der Waals surface area contributed by atoms with Crippen molar-refractivity contribution in [2.75, 3.05) is 20.3 Å². The fourth-order valence-corrected chi connectivity index (χ4v) is 2.85. The number of nitrogens with two attached hydrogens (primary N) is 1. The fraction of sp³-hybridized carbons (Fsp3) is 0.263. The number of hydrogen-bond acceptors (Lipinski definition) is 4. The summed E-state index contributed by atoms with van der Waals surface area (Å²) in [5.41, 5.74) is 6.01. The van der Waals surface area contributed by atoms with Gasteiger partial charge in [-0.2, -0.15) is 0 Å². The molecule has 2 aromatic carbocycles. The second-order valence-electron chi connectivity index (χ2n) is 5.69. The molecule has 1 atom stereocenters. The van der Waals surface area contributed by atoms with Crippen molar-refractivity contribution < 1.29 is 19.1 Å². The quantitative estimate of drug-likeness (QED) is 0.526. The van der Waals surface area contributed by atoms with E-state index in [-0.39, 0.29) is 12.3 Å². The maximum absolute atomic E-state index is 12.2. The van der Waals surface area contributed by atoms with Gasteiger partial charge in [0, 0.05) is 4.47 Å². The number of nitrogens with one attached hydrogen (secondary N) is 2. The third-order valence-corrected chi connectivity index (χ3v) is 4.20. The molecule has 0 radical (unpaired) electrons. The molecule has 0 saturated carbocycles. The Labute approximate surface area is 166 Å². The van der Waals surface area contributed by atoms with Crippen LogP contribution in [0, 0.1) is 0 Å². The van der Waals surface area contributed by atoms with Gasteiger partial charge in [-0.25, -0.2) is 4.79 Å². The second-order valence-corrected chi connectivity index (χ2v) is 6.61. The van der Waals surface area contributed by atoms with E-state index < -0.39 is 12.1 Å². The molecule has 0 fully saturated rings. The summed E-state index contributed by atoms with van der Waals surface area (Å²) >= 11 is 3.38. The zero-order valence-corrected chi connectivity index (χ0v) is 16.5. The molecule has 144 valence electrons. The van der Waals surface area contributed by atoms with Gasteiger partial charge in [0.1, 0.15) is 18.1 Å². The summed E-state index contributed by atoms with van der Waals surface area (Å²) in [6, 6.07) is 13.3. The van der Waals surface area contributed by atoms with Gasteiger partial charge >= 0.3 is 6.03 Å². The highest BCUT2D eigenvalue weighted by Crippen LogP contribution is 2.21. The standard InChI is InChI=1S/C19H22BrN3O4/c1-26-15-5-7-16(8-6-15)27-10-9-22-18(24)12-17(23-19(21)25)13-3-2-4-14(20)11-13/h2-8,11,17H,9-10,12H2,1H3,(H,22,24)(H3,21,23,25)/t17-/m0/s1. The highest BCUT2D eigenvalue weighted by Gasteiger charge is 2.17. The largest absolute Gasteiger partial charge is 0.497 e. The molecule has 27 heavy (non-hydrogen) atoms. The third kappa shape index (κ3) is 7.18. The Hall–Kier alpha value is -2.74. The highest BCUT2D eigenvalue weighted by molar-refractivity contribution is 9.10. The Kier molecular flexibility index (Phi) is 7.94. The van der Waals surface area contributed by atoms with Gasteiger partial charge in [-0.1, -0.05) is 28.1 Å². The van der Waals surface area contributed by atoms with Crippen LogP contribution in [0.2, 0.25) is 0 Å². The van der Waals surface area contributed by atoms with E-state index >= 15 is 0 Å². The molecule has 2 rings (SSSR count). The average molecular weight is 436 g/mol. The van der Waals surface area contributed by atoms with Crippen LogP contribution in [0.1, 0.15) is 18.0 Å². The van der Waals surface area contributed by atoms with Gasteiger partial charge in [0.2, 0.25) is 5.91 Å². The summed E-state index contributed by atoms with van der Waals surface area (Å²) in [5.74, 6) is 1.22. The number of halogens is 1. The summed E-state index contributed by atoms with van der Waals surface area (Å²) in [6.07, 6.45) is 0.0714. The van der Waals surface area contributed by atoms with Crippen LogP contribution in [0.25, 0.3) is 0 Å². The number of carbonyl (C=O) groups excluding carboxylic acids is 2. The van der Waals surface area contributed by atoms with Crippen molar-refractivity contribution in [3.05, 3.63) is 58.6 Å². The van der Waals surface area contributed by atoms with Crippen LogP contribution in [0.15, 0.2) is 53.0 Å². The summed E-state index contributed by atoms with van der Waals surface area (Å²) < 4.78 is 11.5. The first-order valence-corrected chi connectivity index (χ1v) is 9.12. The molecule has 8 heteroatoms. The van der Waals surface area contributed by atoms with Crippen molar-refractivity contribution in [3.8, 4) is 11.5 Å². The molecule has 7 nitrogen and oxygen atoms in total. The van der Waals surface area contributed by atoms with Crippen molar-refractivity contribution >= 4 is 27.9 Å². The molecule has 0 unspecified atom stereocenters. The summed E-state index contributed by atoms with van der Waals surface area (Å²) in [4.78, 5) is 23.5. The van der Waals surface area contributed by atoms with E-state index in [1.165, 1.54) is 0 Å². The van der Waals surface area contributed by atoms with Gasteiger partial charge < -0.3 is 25.8 Å². The number of urea groups is 1. The average Bonchev–Trinajstić information content (AvgIpc) is 2.65. The molecule has 0 aliphatic rings. The van der Waals surface area contributed by atoms with Gasteiger partial charge in [-0.05, 0) is 42.0 Å². The Morgan fingerprint density at radius 2 is 1.85 bits per heavy atom. The van der Waals surface area contributed by atoms with Gasteiger partial charge in [-0.3, -0.25) is 4.79 Å². The Morgan fingerprint density at radius 3 is 2.48 bits per heavy atom. The molecular weight excluding hydrogens is 414 g/mol. The van der Waals surface area contributed by atoms with E-state index in [4.69, 9.17) is 15.2 Å². The lowest BCUT2D eigenvalue weighted by Crippen LogP contribution is -2.37. The number of amides is 3. The molecule has 4 N–H and O–H groups in total. The minimum atomic E-state index is -0.685. The van der Waals surface area contributed by atoms with Crippen molar-refractivity contribution in [1.29, 1.82) is 0 Å². The van der Waals surface area contributed by atoms with Gasteiger partial charge in [-0.15, -0.1) is 0 Å². The first kappa shape index (κ1) is 20.6. The first-order valence-electron chi connectivity index (χ1n) is 8.33. The monoisotopic (exact) mass is 435 g/mol. The maximum Gasteiger partial charge on any atom is 0.312 e. The van der Waals surface area contributed by atoms with Crippen LogP contribution >= 0.6 is 15.9 Å². The lowest BCUT2D eigenvalue weighted by atomic mass is 10.0. The fourth-order valence-electron chi connectivity index (χ4n) is 2.44. The molecule has 3 amide bonds. The van der Waals surface area contributed by atoms with Crippen molar-refractivity contribution in [2.24, 2.45) is 5.73 Å². The maximum atomic E-state index is 12.2. The summed E-state index contributed by atoms with van der Waals surface area (Å²) in [7, 11) is 1.60. The first-order chi connectivity index (χ1) is 13.0. The number of ether oxygens (including phenoxy) is 2. The normalized spacial score (nSPS) is 11.3. The van der Waals surface area contributed by atoms with Gasteiger partial charge in [0.25, 0.3) is 0 Å². The van der Waals surface area contributed by atoms with E-state index in [0.717, 1.165) is 15.8 Å². The number of primary amides is 1. The number of methoxy groups -OCH3 is 1. The molecule has 0 aromatic heterocycles. The minimum absolute atomic E-state index is 0.0714. The lowest BCUT2D eigenvalue weighted by molar-refractivity contribution is -0.121. The molecule has 0 aliphatic carbocycles. The number of carbonyl (C=O) groups is 2. The van der Waals surface area contributed by atoms with Crippen LogP contribution in [-0.4, -0.2) is 32.2 Å². The molecule has 0 bridgehead atoms. The Balaban J connectivity index is 1.81. The minimum Gasteiger partial charge on any atom is -0.497 e. The van der Waals surface area contributed by atoms with Crippen LogP contribution in [0.3, 0.4) is 0 Å². The molecule has 2 aromatic rings. The molecule has 0 heterocycles. The smallest absolute Gasteiger partial charge is 0.312 e. The highest BCUT2D eigenvalue weighted by atomic mass is 79.9. The van der Waals surface area contributed by atoms with Crippen LogP contribution < -0.4 is 25.8 Å². The molecular formula is C19H22BrN3O4. The number of benzene rings is 2. The Morgan fingerprint density at radius 1 is 1.15 bits per heavy atom. The summed E-state index contributed by atoms with van der Waals surface area (Å²) in [5, 5.41) is 5.37. The second kappa shape index (κ2) is 10.4. The van der Waals surface area contributed by atoms with Gasteiger partial charge in [0.15, 0.2) is 0 Å². The molecule has 0 saturated heterocycles. The van der Waals surface area contributed by atoms with Crippen molar-refractivity contribution in [3.63, 3.8) is 0 Å². The van der Waals surface area contributed by atoms with Crippen LogP contribution in [0.5, 0.6) is 11.5 Å². The third-order valence-electron chi connectivity index (χ3n) is 3.71. The predicted molar refractivity (Wildman–Crippen MR) is 106 cm³/mol. The van der Waals surface area contributed by atoms with E-state index in [1.54, 1.807) is 31.4 Å². The lowest BCUT2D eigenvalue weighted by Gasteiger charge is -2.18. The zero-order valence-electron chi connectivity index (χ0n) is 14.9. The van der Waals surface area contributed by atoms with E-state index in [2.05, 4.69) is 26.6 Å². The van der Waals surface area contributed by atoms with Crippen molar-refractivity contribution in [2.45, 2.75) is 12.5 Å². The zero-order chi connectivity index (χ0) is 19.6. The van der Waals surface area contributed by atoms with Crippen LogP contribution in [0.4, 0.5) is 4.79 Å². The van der Waals surface area contributed by atoms with Gasteiger partial charge in [0.05, 0.1) is 26.1 Å². The topological polar surface area (TPSA) is 103 Å². The molecule has 0 aliphatic heterocycles. The van der Waals surface area contributed by atoms with E-state index in [1.807, 2.05) is 24.3 Å². The SMILES string of the molecule is COc1ccc(OCCNC(=O)C[C@H](NC(N)=O)c2cccc(Br)c2)cc1. The number of hydrogen-bond donors (Lipinski definition) is 3. The van der Waals surface area contributed by atoms with E-state index in [0.29, 0.717) is 18.9 Å². The number of rotatable bonds is 9. The predicted octanol–water partition coefficient (Wildman–Crippen LogP) is 2.75. The van der Waals surface area contributed by atoms with Crippen LogP contribution in [-0.2, 0) is 4.79 Å².